The number of rotatable bonds is 6. The van der Waals surface area contributed by atoms with Gasteiger partial charge in [0.25, 0.3) is 5.91 Å². The molecule has 2 aromatic heterocycles. The first-order valence-corrected chi connectivity index (χ1v) is 11.1. The third-order valence-electron chi connectivity index (χ3n) is 6.71. The summed E-state index contributed by atoms with van der Waals surface area (Å²) in [5, 5.41) is 19.9. The van der Waals surface area contributed by atoms with Gasteiger partial charge in [0.2, 0.25) is 0 Å². The number of carbonyl (C=O) groups is 1. The fraction of sp³-hybridized carbons (Fsp3) is 0.571. The number of nitrogens with zero attached hydrogens (tertiary/aromatic N) is 2. The zero-order chi connectivity index (χ0) is 19.1. The second kappa shape index (κ2) is 7.12. The molecule has 0 aromatic carbocycles. The summed E-state index contributed by atoms with van der Waals surface area (Å²) in [7, 11) is 0. The van der Waals surface area contributed by atoms with E-state index in [1.807, 2.05) is 17.5 Å². The Labute approximate surface area is 168 Å². The molecule has 6 nitrogen and oxygen atoms in total. The van der Waals surface area contributed by atoms with Crippen molar-refractivity contribution < 1.29 is 9.90 Å². The first-order chi connectivity index (χ1) is 13.6. The molecule has 2 aromatic rings. The number of thiazole rings is 1. The van der Waals surface area contributed by atoms with E-state index >= 15 is 0 Å². The van der Waals surface area contributed by atoms with Crippen LogP contribution in [0.4, 0.5) is 5.13 Å². The standard InChI is InChI=1S/C21H26N4O2S/c26-19(25-18-15-7-14-8-16(18)11-21(27,9-14)10-15)17-12-28-20(24-17)23-6-3-13-1-4-22-5-2-13/h1-2,4-5,12,14-16,18,27H,3,6-11H2,(H,23,24)(H,25,26). The Kier molecular flexibility index (Phi) is 4.59. The van der Waals surface area contributed by atoms with E-state index in [0.717, 1.165) is 50.2 Å². The monoisotopic (exact) mass is 398 g/mol. The molecular weight excluding hydrogens is 372 g/mol. The molecule has 0 aliphatic heterocycles. The summed E-state index contributed by atoms with van der Waals surface area (Å²) in [6.45, 7) is 0.769. The Hall–Kier alpha value is -1.99. The summed E-state index contributed by atoms with van der Waals surface area (Å²) in [6.07, 6.45) is 9.40. The maximum absolute atomic E-state index is 12.8. The van der Waals surface area contributed by atoms with E-state index < -0.39 is 5.60 Å². The first kappa shape index (κ1) is 18.1. The van der Waals surface area contributed by atoms with Crippen LogP contribution >= 0.6 is 11.3 Å². The van der Waals surface area contributed by atoms with Crippen molar-refractivity contribution in [1.82, 2.24) is 15.3 Å². The number of nitrogens with one attached hydrogen (secondary N) is 2. The summed E-state index contributed by atoms with van der Waals surface area (Å²) >= 11 is 1.47. The predicted octanol–water partition coefficient (Wildman–Crippen LogP) is 2.86. The van der Waals surface area contributed by atoms with Crippen molar-refractivity contribution >= 4 is 22.4 Å². The molecule has 4 aliphatic carbocycles. The maximum Gasteiger partial charge on any atom is 0.271 e. The van der Waals surface area contributed by atoms with Gasteiger partial charge in [0.05, 0.1) is 5.60 Å². The lowest BCUT2D eigenvalue weighted by Crippen LogP contribution is -2.61. The van der Waals surface area contributed by atoms with E-state index in [4.69, 9.17) is 0 Å². The van der Waals surface area contributed by atoms with Gasteiger partial charge in [0.1, 0.15) is 5.69 Å². The van der Waals surface area contributed by atoms with Crippen molar-refractivity contribution in [3.8, 4) is 0 Å². The minimum absolute atomic E-state index is 0.0807. The average Bonchev–Trinajstić information content (AvgIpc) is 3.13. The number of carbonyl (C=O) groups excluding carboxylic acids is 1. The van der Waals surface area contributed by atoms with Crippen LogP contribution in [0.15, 0.2) is 29.9 Å². The van der Waals surface area contributed by atoms with Crippen LogP contribution in [0.1, 0.15) is 48.2 Å². The van der Waals surface area contributed by atoms with E-state index in [1.54, 1.807) is 12.4 Å². The lowest BCUT2D eigenvalue weighted by Gasteiger charge is -2.58. The number of anilines is 1. The molecule has 148 valence electrons. The predicted molar refractivity (Wildman–Crippen MR) is 108 cm³/mol. The average molecular weight is 399 g/mol. The van der Waals surface area contributed by atoms with Crippen molar-refractivity contribution in [1.29, 1.82) is 0 Å². The van der Waals surface area contributed by atoms with Crippen molar-refractivity contribution in [2.24, 2.45) is 17.8 Å². The van der Waals surface area contributed by atoms with Gasteiger partial charge < -0.3 is 15.7 Å². The molecule has 2 heterocycles. The van der Waals surface area contributed by atoms with Crippen LogP contribution in [0.3, 0.4) is 0 Å². The Morgan fingerprint density at radius 2 is 1.96 bits per heavy atom. The van der Waals surface area contributed by atoms with E-state index in [0.29, 0.717) is 23.4 Å². The van der Waals surface area contributed by atoms with Gasteiger partial charge in [-0.3, -0.25) is 9.78 Å². The summed E-state index contributed by atoms with van der Waals surface area (Å²) in [5.41, 5.74) is 1.24. The molecule has 0 spiro atoms. The molecule has 0 radical (unpaired) electrons. The number of aliphatic hydroxyl groups is 1. The summed E-state index contributed by atoms with van der Waals surface area (Å²) in [4.78, 5) is 21.3. The SMILES string of the molecule is O=C(NC1C2CC3CC1CC(O)(C3)C2)c1csc(NCCc2ccncc2)n1. The van der Waals surface area contributed by atoms with Crippen molar-refractivity contribution in [2.75, 3.05) is 11.9 Å². The maximum atomic E-state index is 12.8. The van der Waals surface area contributed by atoms with Crippen molar-refractivity contribution in [2.45, 2.75) is 50.2 Å². The number of hydrogen-bond donors (Lipinski definition) is 3. The van der Waals surface area contributed by atoms with Gasteiger partial charge in [-0.25, -0.2) is 4.98 Å². The molecule has 4 aliphatic rings. The highest BCUT2D eigenvalue weighted by molar-refractivity contribution is 7.13. The van der Waals surface area contributed by atoms with Gasteiger partial charge in [0.15, 0.2) is 5.13 Å². The highest BCUT2D eigenvalue weighted by Crippen LogP contribution is 2.55. The van der Waals surface area contributed by atoms with Gasteiger partial charge in [-0.05, 0) is 74.0 Å². The minimum Gasteiger partial charge on any atom is -0.390 e. The van der Waals surface area contributed by atoms with E-state index in [9.17, 15) is 9.90 Å². The van der Waals surface area contributed by atoms with Crippen LogP contribution < -0.4 is 10.6 Å². The molecule has 7 heteroatoms. The van der Waals surface area contributed by atoms with Crippen LogP contribution in [-0.2, 0) is 6.42 Å². The molecule has 3 N–H and O–H groups in total. The topological polar surface area (TPSA) is 87.1 Å². The van der Waals surface area contributed by atoms with Crippen molar-refractivity contribution in [3.63, 3.8) is 0 Å². The summed E-state index contributed by atoms with van der Waals surface area (Å²) in [5.74, 6) is 1.39. The lowest BCUT2D eigenvalue weighted by atomic mass is 9.52. The van der Waals surface area contributed by atoms with E-state index in [1.165, 1.54) is 16.9 Å². The number of aromatic nitrogens is 2. The molecule has 2 atom stereocenters. The normalized spacial score (nSPS) is 33.0. The Bertz CT molecular complexity index is 839. The van der Waals surface area contributed by atoms with Crippen LogP contribution in [-0.4, -0.2) is 39.2 Å². The van der Waals surface area contributed by atoms with Crippen LogP contribution in [0.5, 0.6) is 0 Å². The van der Waals surface area contributed by atoms with Crippen LogP contribution in [0.2, 0.25) is 0 Å². The molecule has 4 saturated carbocycles. The van der Waals surface area contributed by atoms with Gasteiger partial charge in [0, 0.05) is 30.4 Å². The molecule has 28 heavy (non-hydrogen) atoms. The molecular formula is C21H26N4O2S. The first-order valence-electron chi connectivity index (χ1n) is 10.2. The van der Waals surface area contributed by atoms with Gasteiger partial charge in [-0.1, -0.05) is 0 Å². The van der Waals surface area contributed by atoms with E-state index in [-0.39, 0.29) is 11.9 Å². The third kappa shape index (κ3) is 3.53. The molecule has 0 saturated heterocycles. The molecule has 4 bridgehead atoms. The minimum atomic E-state index is -0.468. The third-order valence-corrected chi connectivity index (χ3v) is 7.51. The highest BCUT2D eigenvalue weighted by Gasteiger charge is 2.55. The molecule has 2 unspecified atom stereocenters. The molecule has 4 fully saturated rings. The number of amides is 1. The summed E-state index contributed by atoms with van der Waals surface area (Å²) < 4.78 is 0. The Morgan fingerprint density at radius 1 is 1.21 bits per heavy atom. The molecule has 1 amide bonds. The number of pyridine rings is 1. The molecule has 6 rings (SSSR count). The second-order valence-electron chi connectivity index (χ2n) is 8.76. The zero-order valence-corrected chi connectivity index (χ0v) is 16.6. The quantitative estimate of drug-likeness (QED) is 0.696. The van der Waals surface area contributed by atoms with Gasteiger partial charge >= 0.3 is 0 Å². The highest BCUT2D eigenvalue weighted by atomic mass is 32.1. The lowest BCUT2D eigenvalue weighted by molar-refractivity contribution is -0.136. The summed E-state index contributed by atoms with van der Waals surface area (Å²) in [6, 6.07) is 4.20. The van der Waals surface area contributed by atoms with Gasteiger partial charge in [-0.2, -0.15) is 0 Å². The number of hydrogen-bond acceptors (Lipinski definition) is 6. The zero-order valence-electron chi connectivity index (χ0n) is 15.8. The largest absolute Gasteiger partial charge is 0.390 e. The Balaban J connectivity index is 1.17. The smallest absolute Gasteiger partial charge is 0.271 e. The van der Waals surface area contributed by atoms with Crippen molar-refractivity contribution in [3.05, 3.63) is 41.2 Å². The fourth-order valence-electron chi connectivity index (χ4n) is 5.76. The van der Waals surface area contributed by atoms with Gasteiger partial charge in [-0.15, -0.1) is 11.3 Å². The second-order valence-corrected chi connectivity index (χ2v) is 9.62. The van der Waals surface area contributed by atoms with Crippen LogP contribution in [0, 0.1) is 17.8 Å². The fourth-order valence-corrected chi connectivity index (χ4v) is 6.48. The van der Waals surface area contributed by atoms with Crippen LogP contribution in [0.25, 0.3) is 0 Å². The van der Waals surface area contributed by atoms with E-state index in [2.05, 4.69) is 20.6 Å². The Morgan fingerprint density at radius 3 is 2.68 bits per heavy atom.